The molecule has 1 aliphatic carbocycles. The van der Waals surface area contributed by atoms with Crippen molar-refractivity contribution in [2.24, 2.45) is 12.5 Å². The Kier molecular flexibility index (Phi) is 2.97. The number of para-hydroxylation sites is 1. The van der Waals surface area contributed by atoms with E-state index in [1.165, 1.54) is 35.9 Å². The zero-order valence-corrected chi connectivity index (χ0v) is 12.6. The van der Waals surface area contributed by atoms with Gasteiger partial charge >= 0.3 is 0 Å². The van der Waals surface area contributed by atoms with Gasteiger partial charge in [0.1, 0.15) is 0 Å². The van der Waals surface area contributed by atoms with E-state index in [1.54, 1.807) is 0 Å². The number of alkyl halides is 1. The third-order valence-corrected chi connectivity index (χ3v) is 4.99. The van der Waals surface area contributed by atoms with Gasteiger partial charge in [0.15, 0.2) is 0 Å². The zero-order valence-electron chi connectivity index (χ0n) is 11.0. The maximum atomic E-state index is 4.72. The molecule has 0 bridgehead atoms. The van der Waals surface area contributed by atoms with E-state index in [1.807, 2.05) is 11.7 Å². The van der Waals surface area contributed by atoms with E-state index < -0.39 is 0 Å². The highest BCUT2D eigenvalue weighted by molar-refractivity contribution is 9.09. The van der Waals surface area contributed by atoms with Crippen LogP contribution in [-0.4, -0.2) is 14.6 Å². The largest absolute Gasteiger partial charge is 0.268 e. The Morgan fingerprint density at radius 2 is 2.22 bits per heavy atom. The number of halogens is 1. The Labute approximate surface area is 117 Å². The molecule has 1 heterocycles. The van der Waals surface area contributed by atoms with Gasteiger partial charge in [-0.15, -0.1) is 0 Å². The van der Waals surface area contributed by atoms with Gasteiger partial charge in [0.2, 0.25) is 0 Å². The lowest BCUT2D eigenvalue weighted by Gasteiger charge is -2.22. The number of hydrogen-bond acceptors (Lipinski definition) is 1. The van der Waals surface area contributed by atoms with Crippen LogP contribution in [0, 0.1) is 5.41 Å². The quantitative estimate of drug-likeness (QED) is 0.765. The second-order valence-electron chi connectivity index (χ2n) is 5.91. The smallest absolute Gasteiger partial charge is 0.0708 e. The molecule has 2 unspecified atom stereocenters. The van der Waals surface area contributed by atoms with E-state index in [9.17, 15) is 0 Å². The molecule has 1 aromatic heterocycles. The van der Waals surface area contributed by atoms with Crippen molar-refractivity contribution >= 4 is 26.8 Å². The topological polar surface area (TPSA) is 17.8 Å². The molecule has 0 spiro atoms. The molecule has 0 amide bonds. The molecule has 2 atom stereocenters. The van der Waals surface area contributed by atoms with E-state index in [4.69, 9.17) is 5.10 Å². The van der Waals surface area contributed by atoms with Crippen LogP contribution in [0.1, 0.15) is 31.9 Å². The Bertz CT molecular complexity index is 575. The molecule has 96 valence electrons. The Morgan fingerprint density at radius 3 is 2.94 bits per heavy atom. The number of aromatic nitrogens is 2. The van der Waals surface area contributed by atoms with Crippen LogP contribution in [0.3, 0.4) is 0 Å². The van der Waals surface area contributed by atoms with Crippen molar-refractivity contribution in [2.75, 3.05) is 0 Å². The van der Waals surface area contributed by atoms with E-state index in [0.29, 0.717) is 10.2 Å². The fourth-order valence-electron chi connectivity index (χ4n) is 3.23. The summed E-state index contributed by atoms with van der Waals surface area (Å²) < 4.78 is 2.01. The predicted molar refractivity (Wildman–Crippen MR) is 79.1 cm³/mol. The number of nitrogens with zero attached hydrogens (tertiary/aromatic N) is 2. The van der Waals surface area contributed by atoms with Gasteiger partial charge in [0.05, 0.1) is 11.2 Å². The third-order valence-electron chi connectivity index (χ3n) is 4.20. The van der Waals surface area contributed by atoms with E-state index in [2.05, 4.69) is 47.1 Å². The Balaban J connectivity index is 1.96. The van der Waals surface area contributed by atoms with E-state index in [0.717, 1.165) is 6.42 Å². The van der Waals surface area contributed by atoms with Gasteiger partial charge in [0.25, 0.3) is 0 Å². The average molecular weight is 307 g/mol. The van der Waals surface area contributed by atoms with Crippen molar-refractivity contribution in [1.82, 2.24) is 9.78 Å². The molecule has 1 aromatic carbocycles. The first kappa shape index (κ1) is 12.2. The van der Waals surface area contributed by atoms with Crippen LogP contribution >= 0.6 is 15.9 Å². The first-order valence-corrected chi connectivity index (χ1v) is 7.54. The first-order chi connectivity index (χ1) is 8.57. The summed E-state index contributed by atoms with van der Waals surface area (Å²) in [6, 6.07) is 8.54. The van der Waals surface area contributed by atoms with Crippen molar-refractivity contribution in [3.05, 3.63) is 30.0 Å². The second kappa shape index (κ2) is 4.37. The molecule has 0 aliphatic heterocycles. The van der Waals surface area contributed by atoms with Gasteiger partial charge in [-0.3, -0.25) is 4.68 Å². The van der Waals surface area contributed by atoms with Crippen molar-refractivity contribution in [3.8, 4) is 0 Å². The normalized spacial score (nSPS) is 28.1. The fourth-order valence-corrected chi connectivity index (χ4v) is 4.24. The molecular weight excluding hydrogens is 288 g/mol. The lowest BCUT2D eigenvalue weighted by Crippen LogP contribution is -2.16. The van der Waals surface area contributed by atoms with Crippen LogP contribution in [0.4, 0.5) is 0 Å². The molecule has 0 radical (unpaired) electrons. The molecule has 3 heteroatoms. The number of rotatable bonds is 2. The average Bonchev–Trinajstić information content (AvgIpc) is 2.82. The van der Waals surface area contributed by atoms with E-state index in [-0.39, 0.29) is 0 Å². The van der Waals surface area contributed by atoms with Gasteiger partial charge in [-0.25, -0.2) is 0 Å². The minimum absolute atomic E-state index is 0.408. The summed E-state index contributed by atoms with van der Waals surface area (Å²) in [6.45, 7) is 2.40. The maximum Gasteiger partial charge on any atom is 0.0708 e. The molecule has 1 fully saturated rings. The van der Waals surface area contributed by atoms with Crippen LogP contribution in [0.25, 0.3) is 10.9 Å². The van der Waals surface area contributed by atoms with Crippen molar-refractivity contribution in [2.45, 2.75) is 37.4 Å². The molecular formula is C15H19BrN2. The van der Waals surface area contributed by atoms with Gasteiger partial charge in [0, 0.05) is 17.3 Å². The molecule has 2 aromatic rings. The summed E-state index contributed by atoms with van der Waals surface area (Å²) in [7, 11) is 2.04. The number of hydrogen-bond donors (Lipinski definition) is 0. The maximum absolute atomic E-state index is 4.72. The first-order valence-electron chi connectivity index (χ1n) is 6.62. The number of aryl methyl sites for hydroxylation is 1. The molecule has 2 nitrogen and oxygen atoms in total. The highest BCUT2D eigenvalue weighted by Gasteiger charge is 2.35. The lowest BCUT2D eigenvalue weighted by atomic mass is 9.83. The monoisotopic (exact) mass is 306 g/mol. The number of benzene rings is 1. The molecule has 0 N–H and O–H groups in total. The van der Waals surface area contributed by atoms with Crippen LogP contribution in [0.2, 0.25) is 0 Å². The molecule has 0 saturated heterocycles. The van der Waals surface area contributed by atoms with Gasteiger partial charge in [-0.2, -0.15) is 5.10 Å². The predicted octanol–water partition coefficient (Wildman–Crippen LogP) is 4.07. The zero-order chi connectivity index (χ0) is 12.8. The Hall–Kier alpha value is -0.830. The lowest BCUT2D eigenvalue weighted by molar-refractivity contribution is 0.332. The highest BCUT2D eigenvalue weighted by Crippen LogP contribution is 2.43. The van der Waals surface area contributed by atoms with Crippen LogP contribution in [-0.2, 0) is 13.5 Å². The van der Waals surface area contributed by atoms with Gasteiger partial charge < -0.3 is 0 Å². The SMILES string of the molecule is Cn1nc(CC2(C)CCC(Br)C2)c2ccccc21. The molecule has 1 saturated carbocycles. The number of fused-ring (bicyclic) bond motifs is 1. The highest BCUT2D eigenvalue weighted by atomic mass is 79.9. The molecule has 1 aliphatic rings. The van der Waals surface area contributed by atoms with Crippen LogP contribution in [0.5, 0.6) is 0 Å². The summed E-state index contributed by atoms with van der Waals surface area (Å²) in [5, 5.41) is 6.04. The third kappa shape index (κ3) is 2.09. The summed E-state index contributed by atoms with van der Waals surface area (Å²) >= 11 is 3.76. The second-order valence-corrected chi connectivity index (χ2v) is 7.21. The van der Waals surface area contributed by atoms with Gasteiger partial charge in [-0.05, 0) is 37.2 Å². The molecule has 18 heavy (non-hydrogen) atoms. The Morgan fingerprint density at radius 1 is 1.44 bits per heavy atom. The van der Waals surface area contributed by atoms with Crippen molar-refractivity contribution < 1.29 is 0 Å². The summed E-state index contributed by atoms with van der Waals surface area (Å²) in [5.74, 6) is 0. The van der Waals surface area contributed by atoms with Crippen LogP contribution < -0.4 is 0 Å². The van der Waals surface area contributed by atoms with Gasteiger partial charge in [-0.1, -0.05) is 41.1 Å². The van der Waals surface area contributed by atoms with E-state index >= 15 is 0 Å². The minimum Gasteiger partial charge on any atom is -0.268 e. The van der Waals surface area contributed by atoms with Crippen molar-refractivity contribution in [1.29, 1.82) is 0 Å². The summed E-state index contributed by atoms with van der Waals surface area (Å²) in [6.07, 6.45) is 4.95. The summed E-state index contributed by atoms with van der Waals surface area (Å²) in [5.41, 5.74) is 2.91. The van der Waals surface area contributed by atoms with Crippen molar-refractivity contribution in [3.63, 3.8) is 0 Å². The summed E-state index contributed by atoms with van der Waals surface area (Å²) in [4.78, 5) is 0.692. The minimum atomic E-state index is 0.408. The fraction of sp³-hybridized carbons (Fsp3) is 0.533. The standard InChI is InChI=1S/C15H19BrN2/c1-15(8-7-11(16)9-15)10-13-12-5-3-4-6-14(12)18(2)17-13/h3-6,11H,7-10H2,1-2H3. The molecule has 3 rings (SSSR count). The van der Waals surface area contributed by atoms with Crippen LogP contribution in [0.15, 0.2) is 24.3 Å².